The predicted octanol–water partition coefficient (Wildman–Crippen LogP) is 3.15. The maximum absolute atomic E-state index is 12.2. The molecule has 1 aliphatic rings. The zero-order valence-electron chi connectivity index (χ0n) is 12.1. The predicted molar refractivity (Wildman–Crippen MR) is 93.3 cm³/mol. The summed E-state index contributed by atoms with van der Waals surface area (Å²) < 4.78 is 2.48. The highest BCUT2D eigenvalue weighted by Crippen LogP contribution is 2.32. The number of rotatable bonds is 4. The van der Waals surface area contributed by atoms with Crippen LogP contribution in [0.2, 0.25) is 0 Å². The molecular formula is C16H15N3OS2. The first-order valence-electron chi connectivity index (χ1n) is 6.99. The van der Waals surface area contributed by atoms with Gasteiger partial charge in [-0.25, -0.2) is 0 Å². The molecule has 0 N–H and O–H groups in total. The monoisotopic (exact) mass is 329 g/mol. The molecule has 1 fully saturated rings. The fourth-order valence-corrected chi connectivity index (χ4v) is 3.62. The zero-order valence-corrected chi connectivity index (χ0v) is 13.7. The maximum Gasteiger partial charge on any atom is 0.266 e. The van der Waals surface area contributed by atoms with Crippen molar-refractivity contribution in [1.82, 2.24) is 14.7 Å². The quantitative estimate of drug-likeness (QED) is 0.638. The van der Waals surface area contributed by atoms with E-state index in [-0.39, 0.29) is 5.91 Å². The molecule has 0 radical (unpaired) electrons. The van der Waals surface area contributed by atoms with Crippen molar-refractivity contribution in [2.24, 2.45) is 0 Å². The van der Waals surface area contributed by atoms with Crippen LogP contribution in [0.25, 0.3) is 6.08 Å². The molecule has 112 valence electrons. The number of aromatic nitrogens is 2. The molecule has 0 saturated carbocycles. The van der Waals surface area contributed by atoms with Crippen molar-refractivity contribution in [3.63, 3.8) is 0 Å². The molecule has 1 aromatic heterocycles. The van der Waals surface area contributed by atoms with Crippen molar-refractivity contribution in [3.8, 4) is 0 Å². The maximum atomic E-state index is 12.2. The van der Waals surface area contributed by atoms with Crippen molar-refractivity contribution >= 4 is 40.3 Å². The third-order valence-electron chi connectivity index (χ3n) is 3.33. The molecule has 22 heavy (non-hydrogen) atoms. The fraction of sp³-hybridized carbons (Fsp3) is 0.188. The van der Waals surface area contributed by atoms with Crippen LogP contribution in [0, 0.1) is 0 Å². The Morgan fingerprint density at radius 2 is 2.09 bits per heavy atom. The topological polar surface area (TPSA) is 38.1 Å². The van der Waals surface area contributed by atoms with Gasteiger partial charge in [0.25, 0.3) is 5.91 Å². The van der Waals surface area contributed by atoms with Crippen molar-refractivity contribution in [2.75, 3.05) is 6.54 Å². The summed E-state index contributed by atoms with van der Waals surface area (Å²) >= 11 is 6.55. The lowest BCUT2D eigenvalue weighted by Crippen LogP contribution is -2.27. The van der Waals surface area contributed by atoms with Crippen LogP contribution in [0.4, 0.5) is 0 Å². The lowest BCUT2D eigenvalue weighted by atomic mass is 10.2. The van der Waals surface area contributed by atoms with Crippen LogP contribution >= 0.6 is 24.0 Å². The largest absolute Gasteiger partial charge is 0.293 e. The molecule has 1 amide bonds. The van der Waals surface area contributed by atoms with E-state index < -0.39 is 0 Å². The summed E-state index contributed by atoms with van der Waals surface area (Å²) in [4.78, 5) is 14.4. The summed E-state index contributed by atoms with van der Waals surface area (Å²) in [6.45, 7) is 3.24. The lowest BCUT2D eigenvalue weighted by Gasteiger charge is -2.09. The highest BCUT2D eigenvalue weighted by molar-refractivity contribution is 8.26. The standard InChI is InChI=1S/C16H15N3OS2/c1-2-19-15(20)14(22-16(19)21)8-13-9-17-18(11-13)10-12-6-4-3-5-7-12/h3-9,11H,2,10H2,1H3/b14-8+. The number of carbonyl (C=O) groups is 1. The first kappa shape index (κ1) is 15.0. The Kier molecular flexibility index (Phi) is 4.40. The van der Waals surface area contributed by atoms with E-state index in [1.54, 1.807) is 11.1 Å². The summed E-state index contributed by atoms with van der Waals surface area (Å²) in [5.41, 5.74) is 2.10. The van der Waals surface area contributed by atoms with Crippen LogP contribution < -0.4 is 0 Å². The minimum Gasteiger partial charge on any atom is -0.293 e. The number of amides is 1. The van der Waals surface area contributed by atoms with Gasteiger partial charge in [-0.1, -0.05) is 54.3 Å². The lowest BCUT2D eigenvalue weighted by molar-refractivity contribution is -0.121. The SMILES string of the molecule is CCN1C(=O)/C(=C\c2cnn(Cc3ccccc3)c2)SC1=S. The molecule has 1 aromatic carbocycles. The van der Waals surface area contributed by atoms with E-state index in [1.807, 2.05) is 42.1 Å². The van der Waals surface area contributed by atoms with Crippen molar-refractivity contribution in [2.45, 2.75) is 13.5 Å². The summed E-state index contributed by atoms with van der Waals surface area (Å²) in [6.07, 6.45) is 5.55. The first-order chi connectivity index (χ1) is 10.7. The first-order valence-corrected chi connectivity index (χ1v) is 8.21. The normalized spacial score (nSPS) is 16.8. The number of nitrogens with zero attached hydrogens (tertiary/aromatic N) is 3. The second-order valence-electron chi connectivity index (χ2n) is 4.88. The highest BCUT2D eigenvalue weighted by Gasteiger charge is 2.30. The molecule has 0 aliphatic carbocycles. The molecule has 1 aliphatic heterocycles. The third-order valence-corrected chi connectivity index (χ3v) is 4.71. The Morgan fingerprint density at radius 1 is 1.32 bits per heavy atom. The minimum atomic E-state index is -0.0201. The van der Waals surface area contributed by atoms with Gasteiger partial charge in [0.1, 0.15) is 4.32 Å². The van der Waals surface area contributed by atoms with Crippen LogP contribution in [0.1, 0.15) is 18.1 Å². The van der Waals surface area contributed by atoms with Gasteiger partial charge in [-0.05, 0) is 18.6 Å². The molecule has 0 atom stereocenters. The third kappa shape index (κ3) is 3.13. The molecule has 1 saturated heterocycles. The number of thiocarbonyl (C=S) groups is 1. The summed E-state index contributed by atoms with van der Waals surface area (Å²) in [5.74, 6) is -0.0201. The van der Waals surface area contributed by atoms with Gasteiger partial charge in [-0.15, -0.1) is 0 Å². The number of benzene rings is 1. The van der Waals surface area contributed by atoms with E-state index in [9.17, 15) is 4.79 Å². The fourth-order valence-electron chi connectivity index (χ4n) is 2.24. The summed E-state index contributed by atoms with van der Waals surface area (Å²) in [7, 11) is 0. The van der Waals surface area contributed by atoms with Crippen LogP contribution in [0.15, 0.2) is 47.6 Å². The number of hydrogen-bond acceptors (Lipinski definition) is 4. The number of thioether (sulfide) groups is 1. The number of carbonyl (C=O) groups excluding carboxylic acids is 1. The van der Waals surface area contributed by atoms with Gasteiger partial charge in [0.05, 0.1) is 17.6 Å². The van der Waals surface area contributed by atoms with Crippen molar-refractivity contribution in [1.29, 1.82) is 0 Å². The van der Waals surface area contributed by atoms with Crippen molar-refractivity contribution < 1.29 is 4.79 Å². The average molecular weight is 329 g/mol. The Hall–Kier alpha value is -1.92. The van der Waals surface area contributed by atoms with Crippen LogP contribution in [0.5, 0.6) is 0 Å². The Bertz CT molecular complexity index is 737. The molecule has 0 bridgehead atoms. The smallest absolute Gasteiger partial charge is 0.266 e. The second kappa shape index (κ2) is 6.46. The number of likely N-dealkylation sites (N-methyl/N-ethyl adjacent to an activating group) is 1. The van der Waals surface area contributed by atoms with E-state index in [0.717, 1.165) is 5.56 Å². The van der Waals surface area contributed by atoms with Gasteiger partial charge in [0, 0.05) is 18.3 Å². The molecular weight excluding hydrogens is 314 g/mol. The molecule has 3 rings (SSSR count). The van der Waals surface area contributed by atoms with E-state index in [4.69, 9.17) is 12.2 Å². The van der Waals surface area contributed by atoms with Gasteiger partial charge >= 0.3 is 0 Å². The second-order valence-corrected chi connectivity index (χ2v) is 6.56. The molecule has 2 heterocycles. The zero-order chi connectivity index (χ0) is 15.5. The van der Waals surface area contributed by atoms with E-state index >= 15 is 0 Å². The van der Waals surface area contributed by atoms with Gasteiger partial charge in [-0.2, -0.15) is 5.10 Å². The van der Waals surface area contributed by atoms with Gasteiger partial charge in [-0.3, -0.25) is 14.4 Å². The van der Waals surface area contributed by atoms with E-state index in [0.29, 0.717) is 22.3 Å². The van der Waals surface area contributed by atoms with Gasteiger partial charge in [0.15, 0.2) is 0 Å². The Morgan fingerprint density at radius 3 is 2.77 bits per heavy atom. The van der Waals surface area contributed by atoms with Crippen LogP contribution in [-0.2, 0) is 11.3 Å². The van der Waals surface area contributed by atoms with Crippen LogP contribution in [-0.4, -0.2) is 31.5 Å². The molecule has 0 spiro atoms. The summed E-state index contributed by atoms with van der Waals surface area (Å²) in [6, 6.07) is 10.1. The average Bonchev–Trinajstić information content (AvgIpc) is 3.05. The number of hydrogen-bond donors (Lipinski definition) is 0. The summed E-state index contributed by atoms with van der Waals surface area (Å²) in [5, 5.41) is 4.34. The highest BCUT2D eigenvalue weighted by atomic mass is 32.2. The van der Waals surface area contributed by atoms with Gasteiger partial charge in [0.2, 0.25) is 0 Å². The van der Waals surface area contributed by atoms with Crippen LogP contribution in [0.3, 0.4) is 0 Å². The van der Waals surface area contributed by atoms with Crippen molar-refractivity contribution in [3.05, 3.63) is 58.8 Å². The minimum absolute atomic E-state index is 0.0201. The molecule has 6 heteroatoms. The molecule has 4 nitrogen and oxygen atoms in total. The van der Waals surface area contributed by atoms with E-state index in [1.165, 1.54) is 17.3 Å². The molecule has 0 unspecified atom stereocenters. The van der Waals surface area contributed by atoms with Gasteiger partial charge < -0.3 is 0 Å². The molecule has 2 aromatic rings. The Labute approximate surface area is 138 Å². The van der Waals surface area contributed by atoms with E-state index in [2.05, 4.69) is 17.2 Å². The Balaban J connectivity index is 1.76.